The van der Waals surface area contributed by atoms with Crippen molar-refractivity contribution >= 4 is 43.5 Å². The average Bonchev–Trinajstić information content (AvgIpc) is 3.58. The summed E-state index contributed by atoms with van der Waals surface area (Å²) in [6.07, 6.45) is 9.04. The van der Waals surface area contributed by atoms with Crippen molar-refractivity contribution in [2.75, 3.05) is 17.6 Å². The van der Waals surface area contributed by atoms with Crippen LogP contribution in [0.2, 0.25) is 0 Å². The van der Waals surface area contributed by atoms with E-state index in [0.717, 1.165) is 75.4 Å². The number of nitrogens with one attached hydrogen (secondary N) is 1. The lowest BCUT2D eigenvalue weighted by Gasteiger charge is -2.25. The molecule has 1 aromatic carbocycles. The van der Waals surface area contributed by atoms with E-state index < -0.39 is 0 Å². The molecule has 1 aliphatic carbocycles. The number of anilines is 2. The zero-order chi connectivity index (χ0) is 23.2. The molecular weight excluding hydrogens is 448 g/mol. The van der Waals surface area contributed by atoms with Crippen molar-refractivity contribution in [2.45, 2.75) is 44.8 Å². The zero-order valence-corrected chi connectivity index (χ0v) is 19.7. The van der Waals surface area contributed by atoms with Crippen LogP contribution in [0.25, 0.3) is 43.6 Å². The van der Waals surface area contributed by atoms with Crippen LogP contribution in [0.4, 0.5) is 10.9 Å². The maximum absolute atomic E-state index is 9.82. The largest absolute Gasteiger partial charge is 0.452 e. The number of nitrogens with zero attached hydrogens (tertiary/aromatic N) is 4. The van der Waals surface area contributed by atoms with Crippen LogP contribution in [0.1, 0.15) is 38.6 Å². The van der Waals surface area contributed by atoms with Gasteiger partial charge < -0.3 is 20.6 Å². The second kappa shape index (κ2) is 8.41. The van der Waals surface area contributed by atoms with Crippen molar-refractivity contribution in [3.8, 4) is 22.5 Å². The number of aliphatic hydroxyl groups excluding tert-OH is 1. The van der Waals surface area contributed by atoms with Gasteiger partial charge in [-0.3, -0.25) is 4.68 Å². The van der Waals surface area contributed by atoms with Gasteiger partial charge in [-0.05, 0) is 50.8 Å². The SMILES string of the molecule is CCNc1nc2cccc(-c3cc4c(-c5cnn(C6CCC(O)CC6)c5)cnc(N)c4o3)c2s1. The number of nitrogen functional groups attached to an aromatic ring is 1. The number of hydrogen-bond acceptors (Lipinski definition) is 8. The van der Waals surface area contributed by atoms with Crippen LogP contribution in [-0.4, -0.2) is 37.5 Å². The van der Waals surface area contributed by atoms with Gasteiger partial charge in [0, 0.05) is 41.0 Å². The fourth-order valence-corrected chi connectivity index (χ4v) is 5.83. The Kier molecular flexibility index (Phi) is 5.23. The molecule has 4 N–H and O–H groups in total. The molecule has 174 valence electrons. The number of pyridine rings is 1. The smallest absolute Gasteiger partial charge is 0.183 e. The van der Waals surface area contributed by atoms with Crippen LogP contribution in [0.3, 0.4) is 0 Å². The summed E-state index contributed by atoms with van der Waals surface area (Å²) in [5.41, 5.74) is 10.6. The molecule has 1 aliphatic rings. The van der Waals surface area contributed by atoms with Gasteiger partial charge in [0.25, 0.3) is 0 Å². The summed E-state index contributed by atoms with van der Waals surface area (Å²) in [7, 11) is 0. The van der Waals surface area contributed by atoms with E-state index in [4.69, 9.17) is 10.2 Å². The first-order valence-electron chi connectivity index (χ1n) is 11.6. The Balaban J connectivity index is 1.42. The number of furan rings is 1. The van der Waals surface area contributed by atoms with Gasteiger partial charge in [-0.15, -0.1) is 0 Å². The standard InChI is InChI=1S/C25H26N6O2S/c1-2-27-25-30-20-5-3-4-17(23(20)34-25)21-10-18-19(12-28-24(26)22(18)33-21)14-11-29-31(13-14)15-6-8-16(32)9-7-15/h3-5,10-13,15-16,32H,2,6-9H2,1H3,(H2,26,28)(H,27,30). The molecular formula is C25H26N6O2S. The molecule has 34 heavy (non-hydrogen) atoms. The summed E-state index contributed by atoms with van der Waals surface area (Å²) in [5, 5.41) is 19.6. The number of benzene rings is 1. The molecule has 5 aromatic rings. The second-order valence-electron chi connectivity index (χ2n) is 8.79. The van der Waals surface area contributed by atoms with Crippen molar-refractivity contribution in [2.24, 2.45) is 0 Å². The molecule has 0 spiro atoms. The van der Waals surface area contributed by atoms with Crippen LogP contribution in [0, 0.1) is 0 Å². The molecule has 0 aliphatic heterocycles. The second-order valence-corrected chi connectivity index (χ2v) is 9.78. The average molecular weight is 475 g/mol. The van der Waals surface area contributed by atoms with Crippen LogP contribution in [0.5, 0.6) is 0 Å². The van der Waals surface area contributed by atoms with Gasteiger partial charge >= 0.3 is 0 Å². The summed E-state index contributed by atoms with van der Waals surface area (Å²) in [6, 6.07) is 8.40. The van der Waals surface area contributed by atoms with Crippen molar-refractivity contribution < 1.29 is 9.52 Å². The van der Waals surface area contributed by atoms with E-state index >= 15 is 0 Å². The van der Waals surface area contributed by atoms with Gasteiger partial charge in [-0.1, -0.05) is 17.4 Å². The van der Waals surface area contributed by atoms with Crippen LogP contribution >= 0.6 is 11.3 Å². The molecule has 1 fully saturated rings. The number of rotatable bonds is 5. The van der Waals surface area contributed by atoms with Crippen molar-refractivity contribution in [1.82, 2.24) is 19.7 Å². The molecule has 8 nitrogen and oxygen atoms in total. The quantitative estimate of drug-likeness (QED) is 0.310. The van der Waals surface area contributed by atoms with Crippen LogP contribution in [0.15, 0.2) is 47.3 Å². The zero-order valence-electron chi connectivity index (χ0n) is 18.9. The maximum atomic E-state index is 9.82. The summed E-state index contributed by atoms with van der Waals surface area (Å²) < 4.78 is 9.36. The molecule has 0 unspecified atom stereocenters. The first kappa shape index (κ1) is 21.1. The Morgan fingerprint density at radius 1 is 1.21 bits per heavy atom. The highest BCUT2D eigenvalue weighted by molar-refractivity contribution is 7.22. The molecule has 0 bridgehead atoms. The Hall–Kier alpha value is -3.43. The predicted molar refractivity (Wildman–Crippen MR) is 136 cm³/mol. The number of hydrogen-bond donors (Lipinski definition) is 3. The number of aliphatic hydroxyl groups is 1. The van der Waals surface area contributed by atoms with Gasteiger partial charge in [0.1, 0.15) is 5.76 Å². The molecule has 4 aromatic heterocycles. The van der Waals surface area contributed by atoms with Gasteiger partial charge in [-0.25, -0.2) is 9.97 Å². The highest BCUT2D eigenvalue weighted by Crippen LogP contribution is 2.41. The van der Waals surface area contributed by atoms with E-state index in [1.807, 2.05) is 35.1 Å². The summed E-state index contributed by atoms with van der Waals surface area (Å²) >= 11 is 1.62. The Labute approximate surface area is 200 Å². The highest BCUT2D eigenvalue weighted by Gasteiger charge is 2.23. The fraction of sp³-hybridized carbons (Fsp3) is 0.320. The molecule has 1 saturated carbocycles. The topological polar surface area (TPSA) is 115 Å². The predicted octanol–water partition coefficient (Wildman–Crippen LogP) is 5.46. The lowest BCUT2D eigenvalue weighted by molar-refractivity contribution is 0.108. The number of fused-ring (bicyclic) bond motifs is 2. The van der Waals surface area contributed by atoms with E-state index in [0.29, 0.717) is 17.4 Å². The van der Waals surface area contributed by atoms with E-state index in [2.05, 4.69) is 33.5 Å². The fourth-order valence-electron chi connectivity index (χ4n) is 4.78. The minimum atomic E-state index is -0.187. The van der Waals surface area contributed by atoms with Crippen molar-refractivity contribution in [3.05, 3.63) is 42.9 Å². The Bertz CT molecular complexity index is 1480. The first-order chi connectivity index (χ1) is 16.6. The van der Waals surface area contributed by atoms with E-state index in [-0.39, 0.29) is 6.10 Å². The Morgan fingerprint density at radius 3 is 2.88 bits per heavy atom. The molecule has 0 amide bonds. The first-order valence-corrected chi connectivity index (χ1v) is 12.5. The molecule has 0 saturated heterocycles. The van der Waals surface area contributed by atoms with Gasteiger partial charge in [0.2, 0.25) is 0 Å². The van der Waals surface area contributed by atoms with E-state index in [9.17, 15) is 5.11 Å². The van der Waals surface area contributed by atoms with E-state index in [1.54, 1.807) is 17.5 Å². The summed E-state index contributed by atoms with van der Waals surface area (Å²) in [6.45, 7) is 2.88. The van der Waals surface area contributed by atoms with Gasteiger partial charge in [-0.2, -0.15) is 5.10 Å². The highest BCUT2D eigenvalue weighted by atomic mass is 32.1. The third-order valence-corrected chi connectivity index (χ3v) is 7.61. The third kappa shape index (κ3) is 3.61. The lowest BCUT2D eigenvalue weighted by atomic mass is 9.93. The normalized spacial score (nSPS) is 18.6. The molecule has 9 heteroatoms. The van der Waals surface area contributed by atoms with Crippen LogP contribution < -0.4 is 11.1 Å². The van der Waals surface area contributed by atoms with Gasteiger partial charge in [0.15, 0.2) is 16.5 Å². The third-order valence-electron chi connectivity index (χ3n) is 6.55. The Morgan fingerprint density at radius 2 is 2.06 bits per heavy atom. The summed E-state index contributed by atoms with van der Waals surface area (Å²) in [4.78, 5) is 9.09. The minimum Gasteiger partial charge on any atom is -0.452 e. The van der Waals surface area contributed by atoms with Crippen molar-refractivity contribution in [1.29, 1.82) is 0 Å². The number of aromatic nitrogens is 4. The number of thiazole rings is 1. The molecule has 4 heterocycles. The lowest BCUT2D eigenvalue weighted by Crippen LogP contribution is -2.21. The monoisotopic (exact) mass is 474 g/mol. The minimum absolute atomic E-state index is 0.187. The molecule has 6 rings (SSSR count). The maximum Gasteiger partial charge on any atom is 0.183 e. The molecule has 0 radical (unpaired) electrons. The number of nitrogens with two attached hydrogens (primary N) is 1. The van der Waals surface area contributed by atoms with Gasteiger partial charge in [0.05, 0.1) is 28.6 Å². The summed E-state index contributed by atoms with van der Waals surface area (Å²) in [5.74, 6) is 1.10. The molecule has 0 atom stereocenters. The van der Waals surface area contributed by atoms with Crippen LogP contribution in [-0.2, 0) is 0 Å². The van der Waals surface area contributed by atoms with Crippen molar-refractivity contribution in [3.63, 3.8) is 0 Å². The van der Waals surface area contributed by atoms with E-state index in [1.165, 1.54) is 0 Å².